The Morgan fingerprint density at radius 2 is 1.02 bits per heavy atom. The van der Waals surface area contributed by atoms with Crippen LogP contribution in [0.4, 0.5) is 44.7 Å². The lowest BCUT2D eigenvalue weighted by molar-refractivity contribution is 0.357. The molecule has 282 valence electrons. The van der Waals surface area contributed by atoms with E-state index >= 15 is 0 Å². The lowest BCUT2D eigenvalue weighted by atomic mass is 9.94. The second kappa shape index (κ2) is 16.3. The van der Waals surface area contributed by atoms with E-state index < -0.39 is 59.8 Å². The van der Waals surface area contributed by atoms with Gasteiger partial charge in [0.1, 0.15) is 0 Å². The molecule has 14 heteroatoms. The predicted molar refractivity (Wildman–Crippen MR) is 204 cm³/mol. The number of benzene rings is 6. The molecule has 6 rings (SSSR count). The highest BCUT2D eigenvalue weighted by atomic mass is 32.3. The second-order valence-electron chi connectivity index (χ2n) is 12.3. The fourth-order valence-corrected chi connectivity index (χ4v) is 9.05. The number of anilines is 4. The van der Waals surface area contributed by atoms with Crippen LogP contribution in [0.1, 0.15) is 17.5 Å². The van der Waals surface area contributed by atoms with Crippen LogP contribution in [-0.4, -0.2) is 29.1 Å². The van der Waals surface area contributed by atoms with Crippen molar-refractivity contribution in [1.82, 2.24) is 4.13 Å². The molecule has 55 heavy (non-hydrogen) atoms. The zero-order valence-corrected chi connectivity index (χ0v) is 30.4. The van der Waals surface area contributed by atoms with Crippen molar-refractivity contribution in [3.63, 3.8) is 0 Å². The van der Waals surface area contributed by atoms with Gasteiger partial charge in [-0.25, -0.2) is 38.8 Å². The number of hydrogen-bond donors (Lipinski definition) is 2. The van der Waals surface area contributed by atoms with Gasteiger partial charge >= 0.3 is 0 Å². The van der Waals surface area contributed by atoms with E-state index in [0.29, 0.717) is 5.69 Å². The van der Waals surface area contributed by atoms with Crippen molar-refractivity contribution in [2.75, 3.05) is 22.5 Å². The van der Waals surface area contributed by atoms with Crippen molar-refractivity contribution in [3.05, 3.63) is 184 Å². The summed E-state index contributed by atoms with van der Waals surface area (Å²) < 4.78 is 119. The first-order valence-electron chi connectivity index (χ1n) is 16.7. The minimum Gasteiger partial charge on any atom is -0.385 e. The summed E-state index contributed by atoms with van der Waals surface area (Å²) in [5.41, 5.74) is 6.33. The lowest BCUT2D eigenvalue weighted by Crippen LogP contribution is -2.34. The molecular formula is C41H32F5N3O4S2. The highest BCUT2D eigenvalue weighted by Crippen LogP contribution is 2.35. The Morgan fingerprint density at radius 1 is 0.564 bits per heavy atom. The first-order valence-corrected chi connectivity index (χ1v) is 19.8. The van der Waals surface area contributed by atoms with Crippen molar-refractivity contribution in [2.24, 2.45) is 0 Å². The molecule has 6 aromatic carbocycles. The Kier molecular flexibility index (Phi) is 11.5. The Morgan fingerprint density at radius 3 is 1.53 bits per heavy atom. The summed E-state index contributed by atoms with van der Waals surface area (Å²) in [6, 6.07) is 43.4. The molecule has 0 radical (unpaired) electrons. The topological polar surface area (TPSA) is 95.6 Å². The van der Waals surface area contributed by atoms with Gasteiger partial charge in [-0.1, -0.05) is 91.5 Å². The summed E-state index contributed by atoms with van der Waals surface area (Å²) in [6.07, 6.45) is -0.187. The van der Waals surface area contributed by atoms with Crippen LogP contribution >= 0.6 is 0 Å². The van der Waals surface area contributed by atoms with Crippen molar-refractivity contribution in [2.45, 2.75) is 11.3 Å². The van der Waals surface area contributed by atoms with Gasteiger partial charge in [-0.2, -0.15) is 0 Å². The van der Waals surface area contributed by atoms with E-state index in [1.54, 1.807) is 12.1 Å². The molecule has 0 saturated carbocycles. The van der Waals surface area contributed by atoms with Gasteiger partial charge in [0.25, 0.3) is 10.0 Å². The lowest BCUT2D eigenvalue weighted by Gasteiger charge is -2.25. The van der Waals surface area contributed by atoms with Gasteiger partial charge in [-0.15, -0.1) is 4.13 Å². The number of nitrogens with one attached hydrogen (secondary N) is 2. The molecule has 0 fully saturated rings. The summed E-state index contributed by atoms with van der Waals surface area (Å²) in [6.45, 7) is 4.02. The van der Waals surface area contributed by atoms with Gasteiger partial charge in [0.2, 0.25) is 15.8 Å². The molecule has 0 unspecified atom stereocenters. The Labute approximate surface area is 314 Å². The van der Waals surface area contributed by atoms with Crippen LogP contribution in [0.25, 0.3) is 12.2 Å². The standard InChI is InChI=1S/C41H32F5N3O4S2/c1-27-13-15-28(16-14-27)35(30-19-23-34(24-20-30)49(32-9-4-2-5-10-32)33-11-6-3-7-12-33)29-17-21-31(22-18-29)47-25-8-26-54(50,51)48-55(52,53)41-39(45)37(43)36(42)38(44)40(41)46/h2-7,9-24,47-48H,1,8,25-26H2. The van der Waals surface area contributed by atoms with Crippen LogP contribution in [-0.2, 0) is 20.0 Å². The van der Waals surface area contributed by atoms with Gasteiger partial charge in [0, 0.05) is 29.3 Å². The summed E-state index contributed by atoms with van der Waals surface area (Å²) >= 11 is 0. The van der Waals surface area contributed by atoms with Crippen LogP contribution in [0.2, 0.25) is 0 Å². The van der Waals surface area contributed by atoms with Crippen molar-refractivity contribution in [3.8, 4) is 0 Å². The maximum atomic E-state index is 14.1. The number of rotatable bonds is 13. The Balaban J connectivity index is 1.18. The first-order chi connectivity index (χ1) is 26.3. The molecule has 2 N–H and O–H groups in total. The third-order valence-corrected chi connectivity index (χ3v) is 12.1. The van der Waals surface area contributed by atoms with E-state index in [1.165, 1.54) is 0 Å². The molecule has 6 aromatic rings. The number of halogens is 5. The molecule has 0 heterocycles. The molecule has 7 nitrogen and oxygen atoms in total. The first kappa shape index (κ1) is 38.9. The van der Waals surface area contributed by atoms with E-state index in [2.05, 4.69) is 28.9 Å². The van der Waals surface area contributed by atoms with E-state index in [1.807, 2.05) is 109 Å². The predicted octanol–water partition coefficient (Wildman–Crippen LogP) is 7.62. The van der Waals surface area contributed by atoms with Crippen LogP contribution in [0.5, 0.6) is 0 Å². The normalized spacial score (nSPS) is 11.7. The van der Waals surface area contributed by atoms with Crippen LogP contribution < -0.4 is 24.8 Å². The average Bonchev–Trinajstić information content (AvgIpc) is 3.17. The van der Waals surface area contributed by atoms with Gasteiger partial charge < -0.3 is 10.2 Å². The molecule has 0 aliphatic carbocycles. The molecule has 0 aliphatic heterocycles. The van der Waals surface area contributed by atoms with E-state index in [4.69, 9.17) is 0 Å². The van der Waals surface area contributed by atoms with Gasteiger partial charge in [0.05, 0.1) is 5.75 Å². The highest BCUT2D eigenvalue weighted by Gasteiger charge is 2.35. The maximum absolute atomic E-state index is 14.1. The SMILES string of the molecule is C=c1ccc(=C(c2ccc(NCCCS(=O)(=O)NS(=O)(=O)c3c(F)c(F)c(F)c(F)c3F)cc2)c2ccc(N(c3ccccc3)c3ccccc3)cc2)cc1. The minimum absolute atomic E-state index is 0.0190. The zero-order valence-electron chi connectivity index (χ0n) is 28.8. The van der Waals surface area contributed by atoms with Gasteiger partial charge in [0.15, 0.2) is 28.2 Å². The third kappa shape index (κ3) is 8.78. The quantitative estimate of drug-likeness (QED) is 0.0542. The summed E-state index contributed by atoms with van der Waals surface area (Å²) in [5.74, 6) is -13.9. The van der Waals surface area contributed by atoms with Crippen LogP contribution in [0.15, 0.2) is 138 Å². The molecule has 0 spiro atoms. The molecule has 0 aromatic heterocycles. The van der Waals surface area contributed by atoms with Gasteiger partial charge in [-0.05, 0) is 82.1 Å². The van der Waals surface area contributed by atoms with E-state index in [9.17, 15) is 38.8 Å². The van der Waals surface area contributed by atoms with Gasteiger partial charge in [-0.3, -0.25) is 0 Å². The van der Waals surface area contributed by atoms with Crippen molar-refractivity contribution < 1.29 is 38.8 Å². The second-order valence-corrected chi connectivity index (χ2v) is 16.0. The molecule has 0 saturated heterocycles. The molecule has 0 amide bonds. The molecule has 0 bridgehead atoms. The average molecular weight is 790 g/mol. The van der Waals surface area contributed by atoms with Crippen molar-refractivity contribution >= 4 is 54.9 Å². The zero-order chi connectivity index (χ0) is 39.3. The Hall–Kier alpha value is -5.83. The third-order valence-electron chi connectivity index (χ3n) is 8.45. The summed E-state index contributed by atoms with van der Waals surface area (Å²) in [4.78, 5) is -0.128. The largest absolute Gasteiger partial charge is 0.385 e. The number of para-hydroxylation sites is 2. The van der Waals surface area contributed by atoms with E-state index in [0.717, 1.165) is 48.3 Å². The Bertz CT molecular complexity index is 2580. The fourth-order valence-electron chi connectivity index (χ4n) is 5.87. The van der Waals surface area contributed by atoms with Crippen LogP contribution in [0, 0.1) is 29.1 Å². The minimum atomic E-state index is -5.69. The van der Waals surface area contributed by atoms with Crippen molar-refractivity contribution in [1.29, 1.82) is 0 Å². The fraction of sp³-hybridized carbons (Fsp3) is 0.0732. The molecular weight excluding hydrogens is 758 g/mol. The number of sulfonamides is 2. The summed E-state index contributed by atoms with van der Waals surface area (Å²) in [5, 5.41) is 4.83. The maximum Gasteiger partial charge on any atom is 0.259 e. The monoisotopic (exact) mass is 789 g/mol. The van der Waals surface area contributed by atoms with E-state index in [-0.39, 0.29) is 13.0 Å². The number of hydrogen-bond acceptors (Lipinski definition) is 6. The highest BCUT2D eigenvalue weighted by molar-refractivity contribution is 8.04. The molecule has 0 atom stereocenters. The van der Waals surface area contributed by atoms with Crippen LogP contribution in [0.3, 0.4) is 0 Å². The summed E-state index contributed by atoms with van der Waals surface area (Å²) in [7, 11) is -10.5. The smallest absolute Gasteiger partial charge is 0.259 e. The number of nitrogens with zero attached hydrogens (tertiary/aromatic N) is 1. The molecule has 0 aliphatic rings.